The molecule has 0 bridgehead atoms. The topological polar surface area (TPSA) is 46.3 Å². The molecule has 0 spiro atoms. The van der Waals surface area contributed by atoms with Crippen LogP contribution >= 0.6 is 0 Å². The van der Waals surface area contributed by atoms with Crippen molar-refractivity contribution in [1.82, 2.24) is 4.90 Å². The molecule has 0 aliphatic heterocycles. The first-order chi connectivity index (χ1) is 6.14. The van der Waals surface area contributed by atoms with E-state index in [0.29, 0.717) is 6.54 Å². The Balaban J connectivity index is 2.52. The molecular formula is C10H18N2O. The lowest BCUT2D eigenvalue weighted by Gasteiger charge is -2.23. The Morgan fingerprint density at radius 3 is 2.69 bits per heavy atom. The highest BCUT2D eigenvalue weighted by molar-refractivity contribution is 5.89. The molecule has 3 nitrogen and oxygen atoms in total. The lowest BCUT2D eigenvalue weighted by molar-refractivity contribution is -0.133. The van der Waals surface area contributed by atoms with Gasteiger partial charge in [-0.2, -0.15) is 0 Å². The third-order valence-corrected chi connectivity index (χ3v) is 2.34. The molecule has 0 radical (unpaired) electrons. The number of nitrogens with zero attached hydrogens (tertiary/aromatic N) is 1. The quantitative estimate of drug-likeness (QED) is 0.642. The molecule has 1 fully saturated rings. The highest BCUT2D eigenvalue weighted by atomic mass is 16.2. The second-order valence-corrected chi connectivity index (χ2v) is 3.70. The van der Waals surface area contributed by atoms with Gasteiger partial charge in [0, 0.05) is 13.1 Å². The van der Waals surface area contributed by atoms with Crippen LogP contribution < -0.4 is 5.73 Å². The van der Waals surface area contributed by atoms with Crippen LogP contribution in [-0.2, 0) is 4.79 Å². The summed E-state index contributed by atoms with van der Waals surface area (Å²) < 4.78 is 0. The molecule has 2 N–H and O–H groups in total. The summed E-state index contributed by atoms with van der Waals surface area (Å²) in [5.41, 5.74) is 5.30. The number of rotatable bonds is 5. The SMILES string of the molecule is C=CCN(CCC)C(=O)C1(N)CC1. The standard InChI is InChI=1S/C10H18N2O/c1-3-7-12(8-4-2)9(13)10(11)5-6-10/h3H,1,4-8,11H2,2H3. The van der Waals surface area contributed by atoms with Gasteiger partial charge in [-0.15, -0.1) is 6.58 Å². The summed E-state index contributed by atoms with van der Waals surface area (Å²) in [4.78, 5) is 13.6. The minimum atomic E-state index is -0.530. The van der Waals surface area contributed by atoms with Crippen molar-refractivity contribution in [2.45, 2.75) is 31.7 Å². The predicted molar refractivity (Wildman–Crippen MR) is 53.2 cm³/mol. The molecular weight excluding hydrogens is 164 g/mol. The summed E-state index contributed by atoms with van der Waals surface area (Å²) in [7, 11) is 0. The highest BCUT2D eigenvalue weighted by Crippen LogP contribution is 2.34. The van der Waals surface area contributed by atoms with Gasteiger partial charge in [-0.25, -0.2) is 0 Å². The molecule has 13 heavy (non-hydrogen) atoms. The monoisotopic (exact) mass is 182 g/mol. The highest BCUT2D eigenvalue weighted by Gasteiger charge is 2.47. The van der Waals surface area contributed by atoms with Crippen LogP contribution in [0.2, 0.25) is 0 Å². The molecule has 0 aromatic heterocycles. The van der Waals surface area contributed by atoms with Gasteiger partial charge in [0.05, 0.1) is 5.54 Å². The van der Waals surface area contributed by atoms with E-state index in [4.69, 9.17) is 5.73 Å². The summed E-state index contributed by atoms with van der Waals surface area (Å²) in [6.07, 6.45) is 4.39. The van der Waals surface area contributed by atoms with E-state index in [-0.39, 0.29) is 5.91 Å². The minimum absolute atomic E-state index is 0.0919. The van der Waals surface area contributed by atoms with Gasteiger partial charge in [-0.3, -0.25) is 4.79 Å². The van der Waals surface area contributed by atoms with Gasteiger partial charge in [0.25, 0.3) is 0 Å². The van der Waals surface area contributed by atoms with Gasteiger partial charge in [0.2, 0.25) is 5.91 Å². The Morgan fingerprint density at radius 1 is 1.69 bits per heavy atom. The Bertz CT molecular complexity index is 209. The second-order valence-electron chi connectivity index (χ2n) is 3.70. The second kappa shape index (κ2) is 3.92. The van der Waals surface area contributed by atoms with Crippen LogP contribution in [0.25, 0.3) is 0 Å². The molecule has 1 amide bonds. The molecule has 1 rings (SSSR count). The number of carbonyl (C=O) groups excluding carboxylic acids is 1. The van der Waals surface area contributed by atoms with E-state index in [9.17, 15) is 4.79 Å². The first-order valence-corrected chi connectivity index (χ1v) is 4.83. The molecule has 0 saturated heterocycles. The number of hydrogen-bond donors (Lipinski definition) is 1. The zero-order valence-electron chi connectivity index (χ0n) is 8.25. The maximum Gasteiger partial charge on any atom is 0.242 e. The Hall–Kier alpha value is -0.830. The molecule has 1 aliphatic carbocycles. The molecule has 0 atom stereocenters. The Kier molecular flexibility index (Phi) is 3.09. The van der Waals surface area contributed by atoms with Crippen molar-refractivity contribution in [1.29, 1.82) is 0 Å². The first-order valence-electron chi connectivity index (χ1n) is 4.83. The molecule has 3 heteroatoms. The average molecular weight is 182 g/mol. The number of amides is 1. The van der Waals surface area contributed by atoms with Crippen molar-refractivity contribution >= 4 is 5.91 Å². The van der Waals surface area contributed by atoms with E-state index in [2.05, 4.69) is 13.5 Å². The molecule has 74 valence electrons. The summed E-state index contributed by atoms with van der Waals surface area (Å²) in [5, 5.41) is 0. The maximum absolute atomic E-state index is 11.8. The van der Waals surface area contributed by atoms with Crippen LogP contribution in [0.1, 0.15) is 26.2 Å². The summed E-state index contributed by atoms with van der Waals surface area (Å²) >= 11 is 0. The summed E-state index contributed by atoms with van der Waals surface area (Å²) in [6.45, 7) is 7.09. The maximum atomic E-state index is 11.8. The van der Waals surface area contributed by atoms with Crippen molar-refractivity contribution in [2.24, 2.45) is 5.73 Å². The summed E-state index contributed by atoms with van der Waals surface area (Å²) in [6, 6.07) is 0. The van der Waals surface area contributed by atoms with E-state index in [1.165, 1.54) is 0 Å². The van der Waals surface area contributed by atoms with Gasteiger partial charge >= 0.3 is 0 Å². The molecule has 0 heterocycles. The van der Waals surface area contributed by atoms with Gasteiger partial charge in [0.1, 0.15) is 0 Å². The fourth-order valence-electron chi connectivity index (χ4n) is 1.36. The Labute approximate surface area is 79.6 Å². The van der Waals surface area contributed by atoms with Crippen molar-refractivity contribution < 1.29 is 4.79 Å². The zero-order chi connectivity index (χ0) is 9.90. The lowest BCUT2D eigenvalue weighted by Crippen LogP contribution is -2.46. The largest absolute Gasteiger partial charge is 0.337 e. The Morgan fingerprint density at radius 2 is 2.31 bits per heavy atom. The molecule has 1 aliphatic rings. The number of nitrogens with two attached hydrogens (primary N) is 1. The van der Waals surface area contributed by atoms with Crippen LogP contribution in [0.4, 0.5) is 0 Å². The fraction of sp³-hybridized carbons (Fsp3) is 0.700. The van der Waals surface area contributed by atoms with E-state index in [1.54, 1.807) is 11.0 Å². The van der Waals surface area contributed by atoms with Crippen molar-refractivity contribution in [3.63, 3.8) is 0 Å². The van der Waals surface area contributed by atoms with Gasteiger partial charge in [0.15, 0.2) is 0 Å². The van der Waals surface area contributed by atoms with Gasteiger partial charge in [-0.05, 0) is 19.3 Å². The number of hydrogen-bond acceptors (Lipinski definition) is 2. The van der Waals surface area contributed by atoms with E-state index in [1.807, 2.05) is 0 Å². The van der Waals surface area contributed by atoms with Crippen LogP contribution in [0, 0.1) is 0 Å². The predicted octanol–water partition coefficient (Wildman–Crippen LogP) is 0.902. The zero-order valence-corrected chi connectivity index (χ0v) is 8.25. The van der Waals surface area contributed by atoms with Crippen LogP contribution in [0.3, 0.4) is 0 Å². The van der Waals surface area contributed by atoms with Crippen LogP contribution in [0.15, 0.2) is 12.7 Å². The smallest absolute Gasteiger partial charge is 0.242 e. The average Bonchev–Trinajstić information content (AvgIpc) is 2.84. The normalized spacial score (nSPS) is 18.0. The van der Waals surface area contributed by atoms with Crippen LogP contribution in [0.5, 0.6) is 0 Å². The van der Waals surface area contributed by atoms with E-state index >= 15 is 0 Å². The van der Waals surface area contributed by atoms with Gasteiger partial charge < -0.3 is 10.6 Å². The van der Waals surface area contributed by atoms with Gasteiger partial charge in [-0.1, -0.05) is 13.0 Å². The molecule has 0 unspecified atom stereocenters. The minimum Gasteiger partial charge on any atom is -0.337 e. The van der Waals surface area contributed by atoms with Crippen molar-refractivity contribution in [3.8, 4) is 0 Å². The molecule has 0 aromatic rings. The fourth-order valence-corrected chi connectivity index (χ4v) is 1.36. The van der Waals surface area contributed by atoms with Crippen molar-refractivity contribution in [3.05, 3.63) is 12.7 Å². The van der Waals surface area contributed by atoms with E-state index in [0.717, 1.165) is 25.8 Å². The third-order valence-electron chi connectivity index (χ3n) is 2.34. The molecule has 0 aromatic carbocycles. The van der Waals surface area contributed by atoms with Crippen molar-refractivity contribution in [2.75, 3.05) is 13.1 Å². The number of carbonyl (C=O) groups is 1. The molecule has 1 saturated carbocycles. The first kappa shape index (κ1) is 10.3. The van der Waals surface area contributed by atoms with E-state index < -0.39 is 5.54 Å². The lowest BCUT2D eigenvalue weighted by atomic mass is 10.2. The summed E-state index contributed by atoms with van der Waals surface area (Å²) in [5.74, 6) is 0.0919. The third kappa shape index (κ3) is 2.31. The van der Waals surface area contributed by atoms with Crippen LogP contribution in [-0.4, -0.2) is 29.4 Å².